The van der Waals surface area contributed by atoms with E-state index in [0.29, 0.717) is 11.5 Å². The Hall–Kier alpha value is -3.60. The van der Waals surface area contributed by atoms with E-state index in [4.69, 9.17) is 4.74 Å². The van der Waals surface area contributed by atoms with E-state index in [1.54, 1.807) is 6.07 Å². The van der Waals surface area contributed by atoms with Gasteiger partial charge in [0.15, 0.2) is 0 Å². The maximum absolute atomic E-state index is 13.3. The number of carbonyl (C=O) groups excluding carboxylic acids is 1. The molecule has 1 N–H and O–H groups in total. The molecule has 3 aromatic rings. The predicted octanol–water partition coefficient (Wildman–Crippen LogP) is 6.25. The number of aryl methyl sites for hydroxylation is 2. The van der Waals surface area contributed by atoms with Crippen molar-refractivity contribution in [3.63, 3.8) is 0 Å². The van der Waals surface area contributed by atoms with Gasteiger partial charge in [0, 0.05) is 18.5 Å². The minimum Gasteiger partial charge on any atom is -0.487 e. The predicted molar refractivity (Wildman–Crippen MR) is 146 cm³/mol. The van der Waals surface area contributed by atoms with Crippen LogP contribution in [0.2, 0.25) is 0 Å². The normalized spacial score (nSPS) is 16.7. The summed E-state index contributed by atoms with van der Waals surface area (Å²) in [4.78, 5) is 26.2. The Labute approximate surface area is 220 Å². The molecule has 3 aromatic carbocycles. The summed E-state index contributed by atoms with van der Waals surface area (Å²) in [7, 11) is 0. The Morgan fingerprint density at radius 2 is 1.62 bits per heavy atom. The molecule has 0 radical (unpaired) electrons. The van der Waals surface area contributed by atoms with E-state index in [2.05, 4.69) is 45.0 Å². The largest absolute Gasteiger partial charge is 0.487 e. The first-order valence-corrected chi connectivity index (χ1v) is 13.1. The number of nitrogens with zero attached hydrogens (tertiary/aromatic N) is 1. The third-order valence-corrected chi connectivity index (χ3v) is 6.94. The molecule has 0 fully saturated rings. The number of hydrogen-bond donors (Lipinski definition) is 1. The van der Waals surface area contributed by atoms with Crippen LogP contribution < -0.4 is 4.74 Å². The van der Waals surface area contributed by atoms with Crippen LogP contribution in [0, 0.1) is 12.8 Å². The highest BCUT2D eigenvalue weighted by Gasteiger charge is 2.32. The number of fused-ring (bicyclic) bond motifs is 1. The molecule has 1 aliphatic heterocycles. The molecule has 0 bridgehead atoms. The van der Waals surface area contributed by atoms with Gasteiger partial charge in [0.2, 0.25) is 0 Å². The lowest BCUT2D eigenvalue weighted by Gasteiger charge is -2.36. The van der Waals surface area contributed by atoms with Gasteiger partial charge >= 0.3 is 5.97 Å². The van der Waals surface area contributed by atoms with Crippen LogP contribution in [0.1, 0.15) is 65.4 Å². The van der Waals surface area contributed by atoms with Crippen LogP contribution in [0.3, 0.4) is 0 Å². The van der Waals surface area contributed by atoms with Crippen molar-refractivity contribution >= 4 is 11.9 Å². The standard InChI is InChI=1S/C32H37NO4/c1-22(2)17-24-9-11-25(12-10-24)19-32(4)16-15-27-18-28(13-14-29(27)37-32)31(36)33(21-30(34)35)20-26-7-5-23(3)6-8-26/h5-14,18,22H,15-17,19-21H2,1-4H3,(H,34,35). The number of aliphatic carboxylic acids is 1. The van der Waals surface area contributed by atoms with Gasteiger partial charge in [0.1, 0.15) is 17.9 Å². The fourth-order valence-corrected chi connectivity index (χ4v) is 5.00. The van der Waals surface area contributed by atoms with Crippen molar-refractivity contribution in [1.29, 1.82) is 0 Å². The van der Waals surface area contributed by atoms with Crippen LogP contribution in [0.15, 0.2) is 66.7 Å². The average Bonchev–Trinajstić information content (AvgIpc) is 2.85. The Kier molecular flexibility index (Phi) is 8.01. The summed E-state index contributed by atoms with van der Waals surface area (Å²) >= 11 is 0. The van der Waals surface area contributed by atoms with E-state index >= 15 is 0 Å². The van der Waals surface area contributed by atoms with Gasteiger partial charge in [0.05, 0.1) is 0 Å². The van der Waals surface area contributed by atoms with Crippen molar-refractivity contribution in [3.8, 4) is 5.75 Å². The van der Waals surface area contributed by atoms with E-state index in [0.717, 1.165) is 48.1 Å². The smallest absolute Gasteiger partial charge is 0.323 e. The molecular weight excluding hydrogens is 462 g/mol. The van der Waals surface area contributed by atoms with E-state index in [9.17, 15) is 14.7 Å². The first-order valence-electron chi connectivity index (χ1n) is 13.1. The highest BCUT2D eigenvalue weighted by molar-refractivity contribution is 5.96. The maximum atomic E-state index is 13.3. The molecule has 194 valence electrons. The number of carboxylic acid groups (broad SMARTS) is 1. The molecule has 5 heteroatoms. The number of hydrogen-bond acceptors (Lipinski definition) is 3. The highest BCUT2D eigenvalue weighted by Crippen LogP contribution is 2.36. The lowest BCUT2D eigenvalue weighted by atomic mass is 9.86. The second kappa shape index (κ2) is 11.2. The molecule has 0 saturated carbocycles. The molecule has 5 nitrogen and oxygen atoms in total. The van der Waals surface area contributed by atoms with Gasteiger partial charge in [-0.05, 0) is 79.5 Å². The number of ether oxygens (including phenoxy) is 1. The van der Waals surface area contributed by atoms with E-state index in [1.165, 1.54) is 16.0 Å². The summed E-state index contributed by atoms with van der Waals surface area (Å²) in [6.07, 6.45) is 3.54. The number of amides is 1. The van der Waals surface area contributed by atoms with Crippen molar-refractivity contribution < 1.29 is 19.4 Å². The molecular formula is C32H37NO4. The van der Waals surface area contributed by atoms with Crippen molar-refractivity contribution in [3.05, 3.63) is 100 Å². The zero-order chi connectivity index (χ0) is 26.6. The molecule has 0 aromatic heterocycles. The molecule has 1 aliphatic rings. The Bertz CT molecular complexity index is 1250. The van der Waals surface area contributed by atoms with Gasteiger partial charge < -0.3 is 14.7 Å². The fraction of sp³-hybridized carbons (Fsp3) is 0.375. The van der Waals surface area contributed by atoms with Crippen LogP contribution in [0.5, 0.6) is 5.75 Å². The average molecular weight is 500 g/mol. The first kappa shape index (κ1) is 26.5. The van der Waals surface area contributed by atoms with E-state index in [1.807, 2.05) is 43.3 Å². The molecule has 0 aliphatic carbocycles. The summed E-state index contributed by atoms with van der Waals surface area (Å²) < 4.78 is 6.47. The summed E-state index contributed by atoms with van der Waals surface area (Å²) in [6, 6.07) is 22.1. The van der Waals surface area contributed by atoms with E-state index in [-0.39, 0.29) is 24.6 Å². The van der Waals surface area contributed by atoms with Crippen molar-refractivity contribution in [2.75, 3.05) is 6.54 Å². The third-order valence-electron chi connectivity index (χ3n) is 6.94. The van der Waals surface area contributed by atoms with Gasteiger partial charge in [0.25, 0.3) is 5.91 Å². The van der Waals surface area contributed by atoms with Crippen molar-refractivity contribution in [1.82, 2.24) is 4.90 Å². The molecule has 37 heavy (non-hydrogen) atoms. The topological polar surface area (TPSA) is 66.8 Å². The molecule has 0 spiro atoms. The van der Waals surface area contributed by atoms with Crippen LogP contribution in [-0.4, -0.2) is 34.0 Å². The summed E-state index contributed by atoms with van der Waals surface area (Å²) in [6.45, 7) is 8.49. The number of benzene rings is 3. The van der Waals surface area contributed by atoms with Gasteiger partial charge in [-0.25, -0.2) is 0 Å². The molecule has 1 atom stereocenters. The number of rotatable bonds is 9. The van der Waals surface area contributed by atoms with Gasteiger partial charge in [-0.1, -0.05) is 67.9 Å². The molecule has 1 heterocycles. The van der Waals surface area contributed by atoms with Crippen LogP contribution in [0.4, 0.5) is 0 Å². The minimum atomic E-state index is -1.03. The third kappa shape index (κ3) is 7.00. The van der Waals surface area contributed by atoms with Gasteiger partial charge in [-0.15, -0.1) is 0 Å². The lowest BCUT2D eigenvalue weighted by Crippen LogP contribution is -2.39. The van der Waals surface area contributed by atoms with Crippen LogP contribution in [0.25, 0.3) is 0 Å². The lowest BCUT2D eigenvalue weighted by molar-refractivity contribution is -0.137. The monoisotopic (exact) mass is 499 g/mol. The SMILES string of the molecule is Cc1ccc(CN(CC(=O)O)C(=O)c2ccc3c(c2)CCC(C)(Cc2ccc(CC(C)C)cc2)O3)cc1. The Morgan fingerprint density at radius 1 is 0.973 bits per heavy atom. The quantitative estimate of drug-likeness (QED) is 0.378. The van der Waals surface area contributed by atoms with Crippen LogP contribution in [-0.2, 0) is 30.6 Å². The zero-order valence-corrected chi connectivity index (χ0v) is 22.3. The van der Waals surface area contributed by atoms with Gasteiger partial charge in [-0.2, -0.15) is 0 Å². The molecule has 1 amide bonds. The van der Waals surface area contributed by atoms with Crippen molar-refractivity contribution in [2.24, 2.45) is 5.92 Å². The second-order valence-electron chi connectivity index (χ2n) is 11.0. The summed E-state index contributed by atoms with van der Waals surface area (Å²) in [5, 5.41) is 9.41. The van der Waals surface area contributed by atoms with Gasteiger partial charge in [-0.3, -0.25) is 9.59 Å². The molecule has 4 rings (SSSR count). The zero-order valence-electron chi connectivity index (χ0n) is 22.3. The Morgan fingerprint density at radius 3 is 2.27 bits per heavy atom. The first-order chi connectivity index (χ1) is 17.6. The fourth-order valence-electron chi connectivity index (χ4n) is 5.00. The summed E-state index contributed by atoms with van der Waals surface area (Å²) in [5.74, 6) is 0.109. The molecule has 0 saturated heterocycles. The number of carbonyl (C=O) groups is 2. The maximum Gasteiger partial charge on any atom is 0.323 e. The van der Waals surface area contributed by atoms with Crippen molar-refractivity contribution in [2.45, 2.75) is 65.5 Å². The number of carboxylic acids is 1. The Balaban J connectivity index is 1.46. The highest BCUT2D eigenvalue weighted by atomic mass is 16.5. The van der Waals surface area contributed by atoms with Crippen LogP contribution >= 0.6 is 0 Å². The summed E-state index contributed by atoms with van der Waals surface area (Å²) in [5.41, 5.74) is 5.78. The second-order valence-corrected chi connectivity index (χ2v) is 11.0. The minimum absolute atomic E-state index is 0.243. The van der Waals surface area contributed by atoms with E-state index < -0.39 is 5.97 Å². The molecule has 1 unspecified atom stereocenters.